The Labute approximate surface area is 282 Å². The number of rotatable bonds is 9. The molecule has 4 heterocycles. The number of amides is 2. The Morgan fingerprint density at radius 1 is 0.938 bits per heavy atom. The van der Waals surface area contributed by atoms with Crippen LogP contribution in [0.2, 0.25) is 0 Å². The van der Waals surface area contributed by atoms with Crippen LogP contribution < -0.4 is 9.64 Å². The molecule has 0 N–H and O–H groups in total. The second-order valence-electron chi connectivity index (χ2n) is 13.9. The Bertz CT molecular complexity index is 1570. The first-order valence-corrected chi connectivity index (χ1v) is 17.7. The lowest BCUT2D eigenvalue weighted by molar-refractivity contribution is -0.124. The molecular weight excluding hydrogens is 610 g/mol. The first-order chi connectivity index (χ1) is 23.4. The van der Waals surface area contributed by atoms with Gasteiger partial charge in [0.05, 0.1) is 26.0 Å². The van der Waals surface area contributed by atoms with Crippen molar-refractivity contribution in [3.8, 4) is 17.0 Å². The molecule has 11 heteroatoms. The molecule has 0 atom stereocenters. The third-order valence-electron chi connectivity index (χ3n) is 10.6. The third-order valence-corrected chi connectivity index (χ3v) is 10.6. The number of pyridine rings is 2. The van der Waals surface area contributed by atoms with E-state index in [2.05, 4.69) is 6.07 Å². The zero-order chi connectivity index (χ0) is 33.0. The van der Waals surface area contributed by atoms with Crippen LogP contribution in [0.15, 0.2) is 41.1 Å². The smallest absolute Gasteiger partial charge is 0.410 e. The van der Waals surface area contributed by atoms with Crippen molar-refractivity contribution >= 4 is 17.8 Å². The lowest BCUT2D eigenvalue weighted by atomic mass is 9.79. The Morgan fingerprint density at radius 3 is 2.40 bits per heavy atom. The molecule has 0 spiro atoms. The number of methoxy groups -OCH3 is 1. The van der Waals surface area contributed by atoms with Gasteiger partial charge in [-0.15, -0.1) is 0 Å². The van der Waals surface area contributed by atoms with E-state index in [0.717, 1.165) is 72.8 Å². The Balaban J connectivity index is 1.04. The standard InChI is InChI=1S/C37H47N5O6/c1-24-33(45-2)14-13-31(39-24)26-5-3-25(4-6-26)22-42(34-21-29(15-16-38-34)32-23-47-35(40-32)27-7-8-27)36(43)28-9-11-30(12-10-28)48-37(44)41-17-19-46-20-18-41/h13-16,21,23,25-28,30H,3-12,17-20,22H2,1-2H3/t25-,26-,28-,30-. The fraction of sp³-hybridized carbons (Fsp3) is 0.595. The van der Waals surface area contributed by atoms with Gasteiger partial charge in [-0.2, -0.15) is 0 Å². The second kappa shape index (κ2) is 14.6. The first-order valence-electron chi connectivity index (χ1n) is 17.7. The summed E-state index contributed by atoms with van der Waals surface area (Å²) in [6.07, 6.45) is 12.1. The highest BCUT2D eigenvalue weighted by molar-refractivity contribution is 5.94. The quantitative estimate of drug-likeness (QED) is 0.249. The highest BCUT2D eigenvalue weighted by Crippen LogP contribution is 2.41. The van der Waals surface area contributed by atoms with Crippen LogP contribution in [0.1, 0.15) is 93.3 Å². The summed E-state index contributed by atoms with van der Waals surface area (Å²) in [4.78, 5) is 45.0. The summed E-state index contributed by atoms with van der Waals surface area (Å²) in [7, 11) is 1.68. The maximum atomic E-state index is 14.4. The van der Waals surface area contributed by atoms with Gasteiger partial charge in [0.15, 0.2) is 5.89 Å². The molecule has 0 aromatic carbocycles. The van der Waals surface area contributed by atoms with Crippen LogP contribution in [0.4, 0.5) is 10.6 Å². The predicted molar refractivity (Wildman–Crippen MR) is 179 cm³/mol. The summed E-state index contributed by atoms with van der Waals surface area (Å²) in [6.45, 7) is 4.81. The van der Waals surface area contributed by atoms with E-state index in [9.17, 15) is 9.59 Å². The average Bonchev–Trinajstić information content (AvgIpc) is 3.87. The minimum Gasteiger partial charge on any atom is -0.495 e. The summed E-state index contributed by atoms with van der Waals surface area (Å²) in [6, 6.07) is 8.03. The van der Waals surface area contributed by atoms with E-state index < -0.39 is 0 Å². The van der Waals surface area contributed by atoms with Crippen molar-refractivity contribution in [2.45, 2.75) is 89.1 Å². The summed E-state index contributed by atoms with van der Waals surface area (Å²) in [5, 5.41) is 0. The van der Waals surface area contributed by atoms with Gasteiger partial charge in [0, 0.05) is 54.8 Å². The molecule has 1 saturated heterocycles. The number of aryl methyl sites for hydroxylation is 1. The normalized spacial score (nSPS) is 24.6. The van der Waals surface area contributed by atoms with Crippen LogP contribution in [0.25, 0.3) is 11.3 Å². The van der Waals surface area contributed by atoms with Crippen molar-refractivity contribution < 1.29 is 28.2 Å². The van der Waals surface area contributed by atoms with E-state index in [1.165, 1.54) is 0 Å². The monoisotopic (exact) mass is 657 g/mol. The highest BCUT2D eigenvalue weighted by Gasteiger charge is 2.35. The van der Waals surface area contributed by atoms with Gasteiger partial charge in [-0.25, -0.2) is 14.8 Å². The Morgan fingerprint density at radius 2 is 1.69 bits per heavy atom. The first kappa shape index (κ1) is 32.6. The van der Waals surface area contributed by atoms with Crippen LogP contribution in [-0.2, 0) is 14.3 Å². The zero-order valence-corrected chi connectivity index (χ0v) is 28.1. The molecular formula is C37H47N5O6. The van der Waals surface area contributed by atoms with Gasteiger partial charge in [0.25, 0.3) is 0 Å². The molecule has 7 rings (SSSR count). The molecule has 11 nitrogen and oxygen atoms in total. The van der Waals surface area contributed by atoms with E-state index in [1.54, 1.807) is 24.5 Å². The fourth-order valence-electron chi connectivity index (χ4n) is 7.48. The van der Waals surface area contributed by atoms with E-state index >= 15 is 0 Å². The molecule has 3 aromatic rings. The molecule has 1 aliphatic heterocycles. The van der Waals surface area contributed by atoms with Gasteiger partial charge in [-0.1, -0.05) is 0 Å². The number of oxazole rings is 1. The summed E-state index contributed by atoms with van der Waals surface area (Å²) >= 11 is 0. The van der Waals surface area contributed by atoms with Gasteiger partial charge in [0.2, 0.25) is 5.91 Å². The molecule has 2 amide bonds. The Hall–Kier alpha value is -3.99. The van der Waals surface area contributed by atoms with Gasteiger partial charge >= 0.3 is 6.09 Å². The minimum atomic E-state index is -0.274. The molecule has 0 bridgehead atoms. The number of morpholine rings is 1. The SMILES string of the molecule is COc1ccc([C@H]2CC[C@H](CN(c3cc(-c4coc(C5CC5)n4)ccn3)C(=O)[C@H]3CC[C@H](OC(=O)N4CCOCC4)CC3)CC2)nc1C. The van der Waals surface area contributed by atoms with Crippen molar-refractivity contribution in [3.63, 3.8) is 0 Å². The van der Waals surface area contributed by atoms with Crippen molar-refractivity contribution in [1.82, 2.24) is 19.9 Å². The molecule has 0 unspecified atom stereocenters. The fourth-order valence-corrected chi connectivity index (χ4v) is 7.48. The van der Waals surface area contributed by atoms with Crippen LogP contribution in [0.3, 0.4) is 0 Å². The van der Waals surface area contributed by atoms with Crippen molar-refractivity contribution in [1.29, 1.82) is 0 Å². The van der Waals surface area contributed by atoms with Crippen LogP contribution in [-0.4, -0.2) is 77.9 Å². The molecule has 256 valence electrons. The van der Waals surface area contributed by atoms with Gasteiger partial charge in [-0.3, -0.25) is 14.7 Å². The lowest BCUT2D eigenvalue weighted by Gasteiger charge is -2.36. The second-order valence-corrected chi connectivity index (χ2v) is 13.9. The highest BCUT2D eigenvalue weighted by atomic mass is 16.6. The molecule has 3 aromatic heterocycles. The van der Waals surface area contributed by atoms with Crippen molar-refractivity contribution in [2.75, 3.05) is 44.9 Å². The maximum Gasteiger partial charge on any atom is 0.410 e. The topological polar surface area (TPSA) is 120 Å². The third kappa shape index (κ3) is 7.51. The van der Waals surface area contributed by atoms with Crippen LogP contribution in [0, 0.1) is 18.8 Å². The van der Waals surface area contributed by atoms with E-state index in [1.807, 2.05) is 30.0 Å². The van der Waals surface area contributed by atoms with E-state index in [-0.39, 0.29) is 24.0 Å². The molecule has 4 fully saturated rings. The van der Waals surface area contributed by atoms with E-state index in [4.69, 9.17) is 33.6 Å². The largest absolute Gasteiger partial charge is 0.495 e. The van der Waals surface area contributed by atoms with Gasteiger partial charge in [0.1, 0.15) is 29.6 Å². The number of hydrogen-bond acceptors (Lipinski definition) is 9. The number of aromatic nitrogens is 3. The summed E-state index contributed by atoms with van der Waals surface area (Å²) < 4.78 is 22.4. The lowest BCUT2D eigenvalue weighted by Crippen LogP contribution is -2.44. The number of ether oxygens (including phenoxy) is 3. The number of carbonyl (C=O) groups excluding carboxylic acids is 2. The molecule has 4 aliphatic rings. The number of anilines is 1. The molecule has 3 aliphatic carbocycles. The number of carbonyl (C=O) groups is 2. The van der Waals surface area contributed by atoms with Crippen LogP contribution >= 0.6 is 0 Å². The van der Waals surface area contributed by atoms with Crippen molar-refractivity contribution in [3.05, 3.63) is 54.0 Å². The van der Waals surface area contributed by atoms with E-state index in [0.29, 0.717) is 82.1 Å². The zero-order valence-electron chi connectivity index (χ0n) is 28.1. The summed E-state index contributed by atoms with van der Waals surface area (Å²) in [5.74, 6) is 3.40. The van der Waals surface area contributed by atoms with Gasteiger partial charge in [-0.05, 0) is 101 Å². The Kier molecular flexibility index (Phi) is 9.93. The molecule has 48 heavy (non-hydrogen) atoms. The van der Waals surface area contributed by atoms with Crippen LogP contribution in [0.5, 0.6) is 5.75 Å². The number of hydrogen-bond donors (Lipinski definition) is 0. The van der Waals surface area contributed by atoms with Crippen molar-refractivity contribution in [2.24, 2.45) is 11.8 Å². The predicted octanol–water partition coefficient (Wildman–Crippen LogP) is 6.66. The number of nitrogens with zero attached hydrogens (tertiary/aromatic N) is 5. The average molecular weight is 658 g/mol. The minimum absolute atomic E-state index is 0.103. The summed E-state index contributed by atoms with van der Waals surface area (Å²) in [5.41, 5.74) is 3.72. The molecule has 3 saturated carbocycles. The van der Waals surface area contributed by atoms with Gasteiger partial charge < -0.3 is 23.5 Å². The maximum absolute atomic E-state index is 14.4. The molecule has 0 radical (unpaired) electrons.